The van der Waals surface area contributed by atoms with E-state index in [0.717, 1.165) is 18.4 Å². The molecule has 0 spiro atoms. The van der Waals surface area contributed by atoms with Gasteiger partial charge < -0.3 is 24.6 Å². The molecule has 1 aliphatic rings. The van der Waals surface area contributed by atoms with Crippen molar-refractivity contribution in [1.29, 1.82) is 0 Å². The number of ether oxygens (including phenoxy) is 2. The fourth-order valence-electron chi connectivity index (χ4n) is 4.53. The molecule has 2 atom stereocenters. The van der Waals surface area contributed by atoms with E-state index in [1.807, 2.05) is 29.2 Å². The van der Waals surface area contributed by atoms with Gasteiger partial charge in [0.1, 0.15) is 13.2 Å². The molecular formula is C29H34ClN3O4S. The molecule has 2 heterocycles. The predicted octanol–water partition coefficient (Wildman–Crippen LogP) is 6.50. The van der Waals surface area contributed by atoms with Crippen LogP contribution in [0, 0.1) is 5.92 Å². The monoisotopic (exact) mass is 555 g/mol. The molecule has 202 valence electrons. The number of carbonyl (C=O) groups is 2. The van der Waals surface area contributed by atoms with E-state index in [4.69, 9.17) is 21.1 Å². The quantitative estimate of drug-likeness (QED) is 0.310. The molecule has 7 nitrogen and oxygen atoms in total. The number of amides is 3. The summed E-state index contributed by atoms with van der Waals surface area (Å²) in [5, 5.41) is 5.49. The smallest absolute Gasteiger partial charge is 0.322 e. The number of hydrogen-bond donors (Lipinski definition) is 1. The molecule has 0 saturated heterocycles. The van der Waals surface area contributed by atoms with Crippen molar-refractivity contribution in [2.45, 2.75) is 32.7 Å². The van der Waals surface area contributed by atoms with E-state index < -0.39 is 0 Å². The summed E-state index contributed by atoms with van der Waals surface area (Å²) in [6, 6.07) is 16.0. The van der Waals surface area contributed by atoms with Crippen LogP contribution in [-0.4, -0.2) is 55.1 Å². The molecule has 2 aromatic carbocycles. The van der Waals surface area contributed by atoms with Gasteiger partial charge in [-0.2, -0.15) is 0 Å². The zero-order valence-electron chi connectivity index (χ0n) is 22.0. The molecule has 38 heavy (non-hydrogen) atoms. The molecule has 1 aromatic heterocycles. The lowest BCUT2D eigenvalue weighted by Gasteiger charge is -2.37. The van der Waals surface area contributed by atoms with Crippen LogP contribution in [-0.2, 0) is 11.2 Å². The first-order valence-corrected chi connectivity index (χ1v) is 14.1. The second-order valence-corrected chi connectivity index (χ2v) is 10.9. The van der Waals surface area contributed by atoms with E-state index >= 15 is 0 Å². The highest BCUT2D eigenvalue weighted by atomic mass is 35.5. The first-order valence-electron chi connectivity index (χ1n) is 12.8. The highest BCUT2D eigenvalue weighted by Gasteiger charge is 2.34. The van der Waals surface area contributed by atoms with E-state index in [0.29, 0.717) is 35.3 Å². The van der Waals surface area contributed by atoms with Crippen molar-refractivity contribution < 1.29 is 19.1 Å². The van der Waals surface area contributed by atoms with Gasteiger partial charge in [0, 0.05) is 28.7 Å². The summed E-state index contributed by atoms with van der Waals surface area (Å²) < 4.78 is 11.6. The number of para-hydroxylation sites is 2. The lowest BCUT2D eigenvalue weighted by Crippen LogP contribution is -2.49. The molecule has 0 aliphatic carbocycles. The minimum absolute atomic E-state index is 0.0264. The number of fused-ring (bicyclic) bond motifs is 1. The van der Waals surface area contributed by atoms with Crippen LogP contribution in [0.5, 0.6) is 11.5 Å². The van der Waals surface area contributed by atoms with E-state index in [1.54, 1.807) is 47.6 Å². The Morgan fingerprint density at radius 3 is 2.71 bits per heavy atom. The van der Waals surface area contributed by atoms with Gasteiger partial charge in [-0.15, -0.1) is 11.3 Å². The van der Waals surface area contributed by atoms with Crippen molar-refractivity contribution in [2.75, 3.05) is 38.7 Å². The summed E-state index contributed by atoms with van der Waals surface area (Å²) in [7, 11) is 1.61. The highest BCUT2D eigenvalue weighted by molar-refractivity contribution is 7.10. The van der Waals surface area contributed by atoms with E-state index in [9.17, 15) is 9.59 Å². The minimum atomic E-state index is -0.323. The Labute approximate surface area is 233 Å². The molecular weight excluding hydrogens is 522 g/mol. The topological polar surface area (TPSA) is 71.1 Å². The molecule has 0 saturated carbocycles. The van der Waals surface area contributed by atoms with E-state index in [-0.39, 0.29) is 37.0 Å². The van der Waals surface area contributed by atoms with E-state index in [2.05, 4.69) is 30.6 Å². The zero-order valence-corrected chi connectivity index (χ0v) is 23.6. The van der Waals surface area contributed by atoms with Gasteiger partial charge >= 0.3 is 6.03 Å². The molecule has 0 unspecified atom stereocenters. The van der Waals surface area contributed by atoms with Gasteiger partial charge in [-0.3, -0.25) is 4.79 Å². The van der Waals surface area contributed by atoms with Crippen LogP contribution < -0.4 is 14.8 Å². The number of nitrogens with zero attached hydrogens (tertiary/aromatic N) is 2. The summed E-state index contributed by atoms with van der Waals surface area (Å²) in [5.41, 5.74) is 1.69. The largest absolute Gasteiger partial charge is 0.493 e. The average molecular weight is 556 g/mol. The third-order valence-corrected chi connectivity index (χ3v) is 8.03. The van der Waals surface area contributed by atoms with Gasteiger partial charge in [0.2, 0.25) is 5.91 Å². The van der Waals surface area contributed by atoms with Crippen LogP contribution in [0.15, 0.2) is 60.0 Å². The SMILES string of the molecule is CC[C@H](C)CN(CC(=O)N1CCc2sccc2[C@@H]1COc1ccccc1OC)C(=O)Nc1cccc(Cl)c1. The molecule has 3 amide bonds. The number of halogens is 1. The summed E-state index contributed by atoms with van der Waals surface area (Å²) in [6.45, 7) is 5.45. The lowest BCUT2D eigenvalue weighted by molar-refractivity contribution is -0.135. The van der Waals surface area contributed by atoms with Crippen LogP contribution in [0.3, 0.4) is 0 Å². The number of benzene rings is 2. The number of anilines is 1. The Morgan fingerprint density at radius 2 is 1.97 bits per heavy atom. The summed E-state index contributed by atoms with van der Waals surface area (Å²) in [4.78, 5) is 31.8. The molecule has 3 aromatic rings. The second-order valence-electron chi connectivity index (χ2n) is 9.45. The maximum atomic E-state index is 13.8. The normalized spacial score (nSPS) is 15.4. The second kappa shape index (κ2) is 13.0. The molecule has 4 rings (SSSR count). The first-order chi connectivity index (χ1) is 18.4. The number of carbonyl (C=O) groups excluding carboxylic acids is 2. The van der Waals surface area contributed by atoms with Crippen LogP contribution in [0.25, 0.3) is 0 Å². The van der Waals surface area contributed by atoms with E-state index in [1.165, 1.54) is 4.88 Å². The number of nitrogens with one attached hydrogen (secondary N) is 1. The molecule has 1 aliphatic heterocycles. The highest BCUT2D eigenvalue weighted by Crippen LogP contribution is 2.35. The average Bonchev–Trinajstić information content (AvgIpc) is 3.40. The van der Waals surface area contributed by atoms with Gasteiger partial charge in [-0.05, 0) is 59.7 Å². The number of methoxy groups -OCH3 is 1. The third-order valence-electron chi connectivity index (χ3n) is 6.80. The van der Waals surface area contributed by atoms with Gasteiger partial charge in [-0.1, -0.05) is 50.1 Å². The van der Waals surface area contributed by atoms with Gasteiger partial charge in [0.25, 0.3) is 0 Å². The summed E-state index contributed by atoms with van der Waals surface area (Å²) in [6.07, 6.45) is 1.68. The molecule has 0 fully saturated rings. The van der Waals surface area contributed by atoms with Crippen LogP contribution in [0.2, 0.25) is 5.02 Å². The van der Waals surface area contributed by atoms with Crippen LogP contribution in [0.4, 0.5) is 10.5 Å². The van der Waals surface area contributed by atoms with Crippen molar-refractivity contribution in [2.24, 2.45) is 5.92 Å². The fourth-order valence-corrected chi connectivity index (χ4v) is 5.65. The number of urea groups is 1. The Balaban J connectivity index is 1.52. The van der Waals surface area contributed by atoms with Crippen molar-refractivity contribution in [3.8, 4) is 11.5 Å². The fraction of sp³-hybridized carbons (Fsp3) is 0.379. The zero-order chi connectivity index (χ0) is 27.1. The maximum Gasteiger partial charge on any atom is 0.322 e. The lowest BCUT2D eigenvalue weighted by atomic mass is 10.00. The number of thiophene rings is 1. The standard InChI is InChI=1S/C29H34ClN3O4S/c1-4-20(2)17-32(29(35)31-22-9-7-8-21(30)16-22)18-28(34)33-14-12-27-23(13-15-38-27)24(33)19-37-26-11-6-5-10-25(26)36-3/h5-11,13,15-16,20,24H,4,12,14,17-19H2,1-3H3,(H,31,35)/t20-,24-/m0/s1. The number of hydrogen-bond acceptors (Lipinski definition) is 5. The van der Waals surface area contributed by atoms with Gasteiger partial charge in [0.15, 0.2) is 11.5 Å². The Bertz CT molecular complexity index is 1250. The van der Waals surface area contributed by atoms with Crippen LogP contribution in [0.1, 0.15) is 36.8 Å². The molecule has 0 radical (unpaired) electrons. The summed E-state index contributed by atoms with van der Waals surface area (Å²) >= 11 is 7.80. The molecule has 9 heteroatoms. The summed E-state index contributed by atoms with van der Waals surface area (Å²) in [5.74, 6) is 1.40. The van der Waals surface area contributed by atoms with Crippen molar-refractivity contribution in [3.05, 3.63) is 75.4 Å². The Kier molecular flexibility index (Phi) is 9.53. The van der Waals surface area contributed by atoms with Gasteiger partial charge in [0.05, 0.1) is 13.2 Å². The molecule has 0 bridgehead atoms. The van der Waals surface area contributed by atoms with Crippen molar-refractivity contribution in [1.82, 2.24) is 9.80 Å². The minimum Gasteiger partial charge on any atom is -0.493 e. The van der Waals surface area contributed by atoms with Gasteiger partial charge in [-0.25, -0.2) is 4.79 Å². The number of rotatable bonds is 10. The predicted molar refractivity (Wildman–Crippen MR) is 152 cm³/mol. The van der Waals surface area contributed by atoms with Crippen LogP contribution >= 0.6 is 22.9 Å². The molecule has 1 N–H and O–H groups in total. The van der Waals surface area contributed by atoms with Crippen molar-refractivity contribution >= 4 is 40.6 Å². The van der Waals surface area contributed by atoms with Crippen molar-refractivity contribution in [3.63, 3.8) is 0 Å². The third kappa shape index (κ3) is 6.79. The maximum absolute atomic E-state index is 13.8. The Hall–Kier alpha value is -3.23. The first kappa shape index (κ1) is 27.8. The Morgan fingerprint density at radius 1 is 1.18 bits per heavy atom.